The Balaban J connectivity index is 1.78. The number of amides is 1. The molecule has 0 saturated carbocycles. The van der Waals surface area contributed by atoms with Gasteiger partial charge in [-0.25, -0.2) is 4.98 Å². The van der Waals surface area contributed by atoms with Crippen molar-refractivity contribution in [2.45, 2.75) is 32.5 Å². The summed E-state index contributed by atoms with van der Waals surface area (Å²) in [5.41, 5.74) is 1.60. The first kappa shape index (κ1) is 18.4. The number of rotatable bonds is 8. The highest BCUT2D eigenvalue weighted by Gasteiger charge is 2.16. The van der Waals surface area contributed by atoms with Crippen LogP contribution in [0.15, 0.2) is 54.6 Å². The Morgan fingerprint density at radius 3 is 2.59 bits per heavy atom. The van der Waals surface area contributed by atoms with Gasteiger partial charge in [-0.2, -0.15) is 0 Å². The van der Waals surface area contributed by atoms with E-state index in [9.17, 15) is 9.59 Å². The number of para-hydroxylation sites is 3. The molecule has 1 aromatic heterocycles. The highest BCUT2D eigenvalue weighted by molar-refractivity contribution is 5.81. The number of carbonyl (C=O) groups excluding carboxylic acids is 1. The lowest BCUT2D eigenvalue weighted by Crippen LogP contribution is -2.36. The average molecular weight is 367 g/mol. The van der Waals surface area contributed by atoms with Gasteiger partial charge in [-0.15, -0.1) is 0 Å². The number of carboxylic acids is 1. The Morgan fingerprint density at radius 1 is 1.15 bits per heavy atom. The third-order valence-corrected chi connectivity index (χ3v) is 4.03. The van der Waals surface area contributed by atoms with Gasteiger partial charge in [-0.05, 0) is 31.2 Å². The zero-order valence-electron chi connectivity index (χ0n) is 15.0. The predicted molar refractivity (Wildman–Crippen MR) is 100 cm³/mol. The van der Waals surface area contributed by atoms with Crippen LogP contribution in [0.4, 0.5) is 0 Å². The largest absolute Gasteiger partial charge is 0.486 e. The fraction of sp³-hybridized carbons (Fsp3) is 0.250. The van der Waals surface area contributed by atoms with Crippen molar-refractivity contribution >= 4 is 22.9 Å². The van der Waals surface area contributed by atoms with Crippen molar-refractivity contribution in [2.75, 3.05) is 0 Å². The summed E-state index contributed by atoms with van der Waals surface area (Å²) in [7, 11) is 0. The van der Waals surface area contributed by atoms with Gasteiger partial charge in [0, 0.05) is 6.04 Å². The number of fused-ring (bicyclic) bond motifs is 1. The van der Waals surface area contributed by atoms with Crippen molar-refractivity contribution in [2.24, 2.45) is 0 Å². The van der Waals surface area contributed by atoms with Crippen LogP contribution in [0.3, 0.4) is 0 Å². The Labute approximate surface area is 156 Å². The number of nitrogens with zero attached hydrogens (tertiary/aromatic N) is 2. The van der Waals surface area contributed by atoms with Crippen molar-refractivity contribution in [3.05, 3.63) is 60.4 Å². The average Bonchev–Trinajstić information content (AvgIpc) is 2.97. The monoisotopic (exact) mass is 367 g/mol. The summed E-state index contributed by atoms with van der Waals surface area (Å²) >= 11 is 0. The van der Waals surface area contributed by atoms with Gasteiger partial charge in [0.25, 0.3) is 0 Å². The number of imidazole rings is 1. The van der Waals surface area contributed by atoms with E-state index in [1.54, 1.807) is 11.5 Å². The molecule has 0 spiro atoms. The zero-order valence-corrected chi connectivity index (χ0v) is 15.0. The van der Waals surface area contributed by atoms with Crippen molar-refractivity contribution in [3.8, 4) is 5.75 Å². The van der Waals surface area contributed by atoms with Crippen LogP contribution < -0.4 is 10.1 Å². The molecule has 3 aromatic rings. The minimum atomic E-state index is -0.951. The van der Waals surface area contributed by atoms with Crippen LogP contribution >= 0.6 is 0 Å². The zero-order chi connectivity index (χ0) is 19.2. The van der Waals surface area contributed by atoms with Crippen molar-refractivity contribution in [1.29, 1.82) is 0 Å². The Bertz CT molecular complexity index is 937. The van der Waals surface area contributed by atoms with Crippen molar-refractivity contribution in [3.63, 3.8) is 0 Å². The molecule has 7 nitrogen and oxygen atoms in total. The summed E-state index contributed by atoms with van der Waals surface area (Å²) in [6.45, 7) is 1.92. The highest BCUT2D eigenvalue weighted by Crippen LogP contribution is 2.18. The van der Waals surface area contributed by atoms with Crippen molar-refractivity contribution in [1.82, 2.24) is 14.9 Å². The van der Waals surface area contributed by atoms with E-state index in [2.05, 4.69) is 10.3 Å². The van der Waals surface area contributed by atoms with Gasteiger partial charge in [0.1, 0.15) is 24.7 Å². The number of aliphatic carboxylic acids is 1. The fourth-order valence-electron chi connectivity index (χ4n) is 2.85. The predicted octanol–water partition coefficient (Wildman–Crippen LogP) is 2.59. The van der Waals surface area contributed by atoms with E-state index >= 15 is 0 Å². The Hall–Kier alpha value is -3.35. The molecular weight excluding hydrogens is 346 g/mol. The molecule has 1 unspecified atom stereocenters. The molecule has 0 aliphatic rings. The molecule has 3 rings (SSSR count). The molecule has 1 amide bonds. The van der Waals surface area contributed by atoms with Gasteiger partial charge < -0.3 is 19.7 Å². The molecule has 27 heavy (non-hydrogen) atoms. The fourth-order valence-corrected chi connectivity index (χ4v) is 2.85. The second-order valence-electron chi connectivity index (χ2n) is 6.27. The third kappa shape index (κ3) is 4.84. The number of carbonyl (C=O) groups is 2. The van der Waals surface area contributed by atoms with Crippen LogP contribution in [-0.4, -0.2) is 32.6 Å². The first-order chi connectivity index (χ1) is 13.0. The van der Waals surface area contributed by atoms with Gasteiger partial charge in [0.15, 0.2) is 0 Å². The van der Waals surface area contributed by atoms with E-state index in [4.69, 9.17) is 9.84 Å². The minimum absolute atomic E-state index is 0.0396. The summed E-state index contributed by atoms with van der Waals surface area (Å²) in [4.78, 5) is 27.7. The number of nitrogens with one attached hydrogen (secondary N) is 1. The van der Waals surface area contributed by atoms with Crippen LogP contribution in [0, 0.1) is 0 Å². The number of hydrogen-bond acceptors (Lipinski definition) is 4. The molecule has 1 atom stereocenters. The molecule has 0 fully saturated rings. The Kier molecular flexibility index (Phi) is 5.71. The Morgan fingerprint density at radius 2 is 1.85 bits per heavy atom. The van der Waals surface area contributed by atoms with Crippen LogP contribution in [-0.2, 0) is 22.7 Å². The van der Waals surface area contributed by atoms with Gasteiger partial charge >= 0.3 is 5.97 Å². The van der Waals surface area contributed by atoms with E-state index in [1.807, 2.05) is 54.6 Å². The first-order valence-electron chi connectivity index (χ1n) is 8.66. The van der Waals surface area contributed by atoms with E-state index in [1.165, 1.54) is 0 Å². The molecule has 2 N–H and O–H groups in total. The van der Waals surface area contributed by atoms with Crippen LogP contribution in [0.25, 0.3) is 11.0 Å². The van der Waals surface area contributed by atoms with Crippen LogP contribution in [0.1, 0.15) is 19.2 Å². The SMILES string of the molecule is CC(CC(=O)O)NC(=O)Cn1c(COc2ccccc2)nc2ccccc21. The summed E-state index contributed by atoms with van der Waals surface area (Å²) in [5.74, 6) is 0.123. The first-order valence-corrected chi connectivity index (χ1v) is 8.66. The van der Waals surface area contributed by atoms with E-state index in [-0.39, 0.29) is 25.5 Å². The molecule has 140 valence electrons. The van der Waals surface area contributed by atoms with Gasteiger partial charge in [-0.3, -0.25) is 9.59 Å². The van der Waals surface area contributed by atoms with Crippen LogP contribution in [0.5, 0.6) is 5.75 Å². The number of benzene rings is 2. The highest BCUT2D eigenvalue weighted by atomic mass is 16.5. The molecule has 0 saturated heterocycles. The lowest BCUT2D eigenvalue weighted by atomic mass is 10.2. The number of ether oxygens (including phenoxy) is 1. The molecule has 0 aliphatic carbocycles. The quantitative estimate of drug-likeness (QED) is 0.638. The lowest BCUT2D eigenvalue weighted by molar-refractivity contribution is -0.137. The summed E-state index contributed by atoms with van der Waals surface area (Å²) in [6, 6.07) is 16.5. The molecule has 7 heteroatoms. The van der Waals surface area contributed by atoms with E-state index in [0.717, 1.165) is 16.8 Å². The summed E-state index contributed by atoms with van der Waals surface area (Å²) in [5, 5.41) is 11.5. The number of aromatic nitrogens is 2. The van der Waals surface area contributed by atoms with Crippen LogP contribution in [0.2, 0.25) is 0 Å². The maximum Gasteiger partial charge on any atom is 0.305 e. The maximum atomic E-state index is 12.4. The summed E-state index contributed by atoms with van der Waals surface area (Å²) < 4.78 is 7.58. The topological polar surface area (TPSA) is 93.5 Å². The smallest absolute Gasteiger partial charge is 0.305 e. The second kappa shape index (κ2) is 8.35. The standard InChI is InChI=1S/C20H21N3O4/c1-14(11-20(25)26)21-19(24)12-23-17-10-6-5-9-16(17)22-18(23)13-27-15-7-3-2-4-8-15/h2-10,14H,11-13H2,1H3,(H,21,24)(H,25,26). The second-order valence-corrected chi connectivity index (χ2v) is 6.27. The third-order valence-electron chi connectivity index (χ3n) is 4.03. The van der Waals surface area contributed by atoms with Gasteiger partial charge in [0.05, 0.1) is 17.5 Å². The molecule has 2 aromatic carbocycles. The molecule has 1 heterocycles. The van der Waals surface area contributed by atoms with Gasteiger partial charge in [0.2, 0.25) is 5.91 Å². The normalized spacial score (nSPS) is 11.9. The maximum absolute atomic E-state index is 12.4. The molecule has 0 aliphatic heterocycles. The van der Waals surface area contributed by atoms with Crippen molar-refractivity contribution < 1.29 is 19.4 Å². The number of carboxylic acid groups (broad SMARTS) is 1. The van der Waals surface area contributed by atoms with E-state index in [0.29, 0.717) is 5.82 Å². The number of hydrogen-bond donors (Lipinski definition) is 2. The van der Waals surface area contributed by atoms with E-state index < -0.39 is 12.0 Å². The molecule has 0 bridgehead atoms. The lowest BCUT2D eigenvalue weighted by Gasteiger charge is -2.14. The molecule has 0 radical (unpaired) electrons. The summed E-state index contributed by atoms with van der Waals surface area (Å²) in [6.07, 6.45) is -0.125. The minimum Gasteiger partial charge on any atom is -0.486 e. The molecular formula is C20H21N3O4. The van der Waals surface area contributed by atoms with Gasteiger partial charge in [-0.1, -0.05) is 30.3 Å².